The molecule has 13 heavy (non-hydrogen) atoms. The number of pyridine rings is 1. The van der Waals surface area contributed by atoms with Gasteiger partial charge in [0.05, 0.1) is 17.2 Å². The number of rotatable bonds is 3. The second kappa shape index (κ2) is 5.90. The van der Waals surface area contributed by atoms with Crippen LogP contribution in [-0.2, 0) is 0 Å². The number of aromatic nitrogens is 1. The summed E-state index contributed by atoms with van der Waals surface area (Å²) in [6.45, 7) is 0. The van der Waals surface area contributed by atoms with Gasteiger partial charge in [-0.2, -0.15) is 0 Å². The van der Waals surface area contributed by atoms with E-state index in [0.29, 0.717) is 5.82 Å². The quantitative estimate of drug-likeness (QED) is 0.348. The Morgan fingerprint density at radius 1 is 1.46 bits per heavy atom. The molecule has 1 heterocycles. The first-order chi connectivity index (χ1) is 5.74. The van der Waals surface area contributed by atoms with Gasteiger partial charge in [-0.05, 0) is 12.1 Å². The minimum Gasteiger partial charge on any atom is -0.376 e. The number of hydrogen-bond acceptors (Lipinski definition) is 4. The molecule has 1 N–H and O–H groups in total. The van der Waals surface area contributed by atoms with Crippen LogP contribution in [0.2, 0.25) is 0 Å². The first-order valence-corrected chi connectivity index (χ1v) is 3.46. The molecular formula is C7H10N4NaO+. The Hall–Kier alpha value is -0.650. The number of nitrogens with zero attached hydrogens (tertiary/aromatic N) is 3. The topological polar surface area (TPSA) is 57.6 Å². The average molecular weight is 189 g/mol. The van der Waals surface area contributed by atoms with Gasteiger partial charge in [-0.25, -0.2) is 10.4 Å². The van der Waals surface area contributed by atoms with E-state index in [2.05, 4.69) is 15.7 Å². The van der Waals surface area contributed by atoms with Crippen molar-refractivity contribution in [2.45, 2.75) is 0 Å². The van der Waals surface area contributed by atoms with Crippen LogP contribution in [0.15, 0.2) is 23.6 Å². The van der Waals surface area contributed by atoms with Crippen LogP contribution in [0.4, 0.5) is 11.5 Å². The van der Waals surface area contributed by atoms with Crippen molar-refractivity contribution >= 4 is 11.5 Å². The second-order valence-corrected chi connectivity index (χ2v) is 2.50. The summed E-state index contributed by atoms with van der Waals surface area (Å²) in [7, 11) is 3.84. The standard InChI is InChI=1S/C7H10N4O.Na/c1-11(2)6-3-4-7(8-5-6)9-10-12;/h3-5H,1-2H3,(H,8,9,12);/q;+1. The van der Waals surface area contributed by atoms with Crippen molar-refractivity contribution < 1.29 is 29.6 Å². The van der Waals surface area contributed by atoms with Gasteiger partial charge in [-0.3, -0.25) is 0 Å². The van der Waals surface area contributed by atoms with Crippen molar-refractivity contribution in [2.75, 3.05) is 24.4 Å². The maximum absolute atomic E-state index is 9.78. The van der Waals surface area contributed by atoms with Gasteiger partial charge >= 0.3 is 29.6 Å². The van der Waals surface area contributed by atoms with Crippen LogP contribution in [0, 0.1) is 4.91 Å². The van der Waals surface area contributed by atoms with Gasteiger partial charge < -0.3 is 4.90 Å². The Bertz CT molecular complexity index is 262. The third-order valence-corrected chi connectivity index (χ3v) is 1.42. The van der Waals surface area contributed by atoms with E-state index >= 15 is 0 Å². The second-order valence-electron chi connectivity index (χ2n) is 2.50. The average Bonchev–Trinajstić information content (AvgIpc) is 2.06. The molecule has 5 nitrogen and oxygen atoms in total. The summed E-state index contributed by atoms with van der Waals surface area (Å²) in [5.74, 6) is 0.454. The summed E-state index contributed by atoms with van der Waals surface area (Å²) < 4.78 is 0. The van der Waals surface area contributed by atoms with E-state index in [1.54, 1.807) is 12.3 Å². The molecule has 0 unspecified atom stereocenters. The SMILES string of the molecule is CN(C)c1ccc(NN=O)nc1.[Na+]. The van der Waals surface area contributed by atoms with Crippen LogP contribution in [0.1, 0.15) is 0 Å². The molecule has 0 aromatic carbocycles. The summed E-state index contributed by atoms with van der Waals surface area (Å²) >= 11 is 0. The molecule has 0 aliphatic heterocycles. The van der Waals surface area contributed by atoms with Gasteiger partial charge in [0.15, 0.2) is 0 Å². The van der Waals surface area contributed by atoms with Gasteiger partial charge in [0, 0.05) is 14.1 Å². The van der Waals surface area contributed by atoms with E-state index in [9.17, 15) is 4.91 Å². The summed E-state index contributed by atoms with van der Waals surface area (Å²) in [5, 5.41) is 2.50. The van der Waals surface area contributed by atoms with Crippen LogP contribution in [-0.4, -0.2) is 19.1 Å². The van der Waals surface area contributed by atoms with Gasteiger partial charge in [0.25, 0.3) is 0 Å². The fourth-order valence-corrected chi connectivity index (χ4v) is 0.764. The first kappa shape index (κ1) is 12.3. The van der Waals surface area contributed by atoms with Crippen LogP contribution in [0.3, 0.4) is 0 Å². The number of anilines is 2. The molecule has 1 aromatic rings. The number of hydrogen-bond donors (Lipinski definition) is 1. The van der Waals surface area contributed by atoms with E-state index in [0.717, 1.165) is 5.69 Å². The smallest absolute Gasteiger partial charge is 0.376 e. The molecule has 0 saturated carbocycles. The molecule has 6 heteroatoms. The van der Waals surface area contributed by atoms with Crippen molar-refractivity contribution in [1.82, 2.24) is 4.98 Å². The zero-order valence-electron chi connectivity index (χ0n) is 7.98. The number of nitrogens with one attached hydrogen (secondary N) is 1. The summed E-state index contributed by atoms with van der Waals surface area (Å²) in [4.78, 5) is 15.6. The fraction of sp³-hybridized carbons (Fsp3) is 0.286. The van der Waals surface area contributed by atoms with Gasteiger partial charge in [0.1, 0.15) is 5.82 Å². The van der Waals surface area contributed by atoms with Crippen molar-refractivity contribution in [3.05, 3.63) is 23.2 Å². The largest absolute Gasteiger partial charge is 1.00 e. The van der Waals surface area contributed by atoms with Gasteiger partial charge in [-0.1, -0.05) is 0 Å². The van der Waals surface area contributed by atoms with Crippen LogP contribution >= 0.6 is 0 Å². The Morgan fingerprint density at radius 2 is 2.15 bits per heavy atom. The van der Waals surface area contributed by atoms with Crippen molar-refractivity contribution in [3.8, 4) is 0 Å². The summed E-state index contributed by atoms with van der Waals surface area (Å²) in [6, 6.07) is 3.54. The summed E-state index contributed by atoms with van der Waals surface area (Å²) in [6.07, 6.45) is 1.66. The molecular weight excluding hydrogens is 179 g/mol. The monoisotopic (exact) mass is 189 g/mol. The Labute approximate surface area is 98.8 Å². The Morgan fingerprint density at radius 3 is 2.54 bits per heavy atom. The zero-order chi connectivity index (χ0) is 8.97. The third kappa shape index (κ3) is 3.71. The molecule has 0 saturated heterocycles. The van der Waals surface area contributed by atoms with E-state index in [1.807, 2.05) is 25.1 Å². The molecule has 0 spiro atoms. The fourth-order valence-electron chi connectivity index (χ4n) is 0.764. The van der Waals surface area contributed by atoms with Crippen LogP contribution < -0.4 is 39.9 Å². The molecule has 1 rings (SSSR count). The minimum absolute atomic E-state index is 0. The molecule has 0 bridgehead atoms. The van der Waals surface area contributed by atoms with Crippen LogP contribution in [0.5, 0.6) is 0 Å². The maximum Gasteiger partial charge on any atom is 1.00 e. The number of nitroso groups, excluding NO2 is 1. The van der Waals surface area contributed by atoms with Crippen LogP contribution in [0.25, 0.3) is 0 Å². The molecule has 0 atom stereocenters. The summed E-state index contributed by atoms with van der Waals surface area (Å²) in [5.41, 5.74) is 3.19. The molecule has 0 fully saturated rings. The van der Waals surface area contributed by atoms with E-state index in [1.165, 1.54) is 0 Å². The van der Waals surface area contributed by atoms with Crippen molar-refractivity contribution in [3.63, 3.8) is 0 Å². The van der Waals surface area contributed by atoms with Crippen molar-refractivity contribution in [2.24, 2.45) is 5.29 Å². The molecule has 0 aliphatic carbocycles. The molecule has 64 valence electrons. The molecule has 0 amide bonds. The normalized spacial score (nSPS) is 8.46. The Balaban J connectivity index is 0.00000144. The minimum atomic E-state index is 0. The Kier molecular flexibility index (Phi) is 5.61. The third-order valence-electron chi connectivity index (χ3n) is 1.42. The van der Waals surface area contributed by atoms with E-state index in [-0.39, 0.29) is 29.6 Å². The zero-order valence-corrected chi connectivity index (χ0v) is 9.98. The van der Waals surface area contributed by atoms with Gasteiger partial charge in [0.2, 0.25) is 0 Å². The molecule has 1 aromatic heterocycles. The van der Waals surface area contributed by atoms with Gasteiger partial charge in [-0.15, -0.1) is 4.91 Å². The molecule has 0 aliphatic rings. The van der Waals surface area contributed by atoms with Crippen molar-refractivity contribution in [1.29, 1.82) is 0 Å². The van der Waals surface area contributed by atoms with E-state index < -0.39 is 0 Å². The predicted molar refractivity (Wildman–Crippen MR) is 48.0 cm³/mol. The first-order valence-electron chi connectivity index (χ1n) is 3.46. The predicted octanol–water partition coefficient (Wildman–Crippen LogP) is -1.76. The molecule has 0 radical (unpaired) electrons. The maximum atomic E-state index is 9.78. The van der Waals surface area contributed by atoms with E-state index in [4.69, 9.17) is 0 Å².